The number of nitrogens with one attached hydrogen (secondary N) is 1. The Morgan fingerprint density at radius 3 is 1.96 bits per heavy atom. The minimum Gasteiger partial charge on any atom is -0.208 e. The SMILES string of the molecule is CC(C)(C)C(NS(=O)(=O)/C=C/c1ccccc1)c1ccccc1. The summed E-state index contributed by atoms with van der Waals surface area (Å²) >= 11 is 0. The van der Waals surface area contributed by atoms with Gasteiger partial charge in [0, 0.05) is 5.41 Å². The predicted molar refractivity (Wildman–Crippen MR) is 96.2 cm³/mol. The van der Waals surface area contributed by atoms with E-state index >= 15 is 0 Å². The molecule has 0 heterocycles. The van der Waals surface area contributed by atoms with E-state index in [-0.39, 0.29) is 11.5 Å². The standard InChI is InChI=1S/C19H23NO2S/c1-19(2,3)18(17-12-8-5-9-13-17)20-23(21,22)15-14-16-10-6-4-7-11-16/h4-15,18,20H,1-3H3/b15-14+. The van der Waals surface area contributed by atoms with E-state index in [1.807, 2.05) is 81.4 Å². The van der Waals surface area contributed by atoms with Crippen LogP contribution in [0.25, 0.3) is 6.08 Å². The van der Waals surface area contributed by atoms with Crippen molar-refractivity contribution in [3.63, 3.8) is 0 Å². The van der Waals surface area contributed by atoms with Crippen LogP contribution in [0.5, 0.6) is 0 Å². The molecule has 0 saturated carbocycles. The maximum absolute atomic E-state index is 12.4. The number of sulfonamides is 1. The van der Waals surface area contributed by atoms with E-state index < -0.39 is 10.0 Å². The molecule has 0 aromatic heterocycles. The Morgan fingerprint density at radius 2 is 1.43 bits per heavy atom. The fourth-order valence-corrected chi connectivity index (χ4v) is 3.56. The summed E-state index contributed by atoms with van der Waals surface area (Å²) in [5.74, 6) is 0. The Balaban J connectivity index is 2.24. The zero-order chi connectivity index (χ0) is 16.9. The van der Waals surface area contributed by atoms with Crippen molar-refractivity contribution in [1.82, 2.24) is 4.72 Å². The van der Waals surface area contributed by atoms with E-state index in [9.17, 15) is 8.42 Å². The zero-order valence-electron chi connectivity index (χ0n) is 13.7. The van der Waals surface area contributed by atoms with E-state index in [0.29, 0.717) is 0 Å². The third kappa shape index (κ3) is 5.34. The summed E-state index contributed by atoms with van der Waals surface area (Å²) < 4.78 is 27.7. The number of benzene rings is 2. The molecule has 2 aromatic rings. The third-order valence-electron chi connectivity index (χ3n) is 3.52. The first-order chi connectivity index (χ1) is 10.8. The molecule has 2 aromatic carbocycles. The Morgan fingerprint density at radius 1 is 0.913 bits per heavy atom. The number of hydrogen-bond acceptors (Lipinski definition) is 2. The maximum atomic E-state index is 12.4. The monoisotopic (exact) mass is 329 g/mol. The molecule has 0 fully saturated rings. The van der Waals surface area contributed by atoms with Gasteiger partial charge in [0.1, 0.15) is 0 Å². The van der Waals surface area contributed by atoms with Crippen LogP contribution in [0.1, 0.15) is 37.9 Å². The highest BCUT2D eigenvalue weighted by atomic mass is 32.2. The van der Waals surface area contributed by atoms with Crippen LogP contribution in [-0.4, -0.2) is 8.42 Å². The minimum atomic E-state index is -3.54. The molecule has 0 aliphatic rings. The first-order valence-electron chi connectivity index (χ1n) is 7.58. The van der Waals surface area contributed by atoms with Crippen molar-refractivity contribution in [2.75, 3.05) is 0 Å². The fourth-order valence-electron chi connectivity index (χ4n) is 2.33. The van der Waals surface area contributed by atoms with Gasteiger partial charge in [0.05, 0.1) is 6.04 Å². The molecule has 0 bridgehead atoms. The molecule has 4 heteroatoms. The van der Waals surface area contributed by atoms with Crippen molar-refractivity contribution < 1.29 is 8.42 Å². The van der Waals surface area contributed by atoms with Crippen LogP contribution in [-0.2, 0) is 10.0 Å². The van der Waals surface area contributed by atoms with Crippen LogP contribution in [0.15, 0.2) is 66.1 Å². The van der Waals surface area contributed by atoms with Gasteiger partial charge in [-0.15, -0.1) is 0 Å². The number of rotatable bonds is 5. The molecule has 0 radical (unpaired) electrons. The molecular weight excluding hydrogens is 306 g/mol. The Hall–Kier alpha value is -1.91. The lowest BCUT2D eigenvalue weighted by atomic mass is 9.83. The van der Waals surface area contributed by atoms with Gasteiger partial charge in [-0.2, -0.15) is 0 Å². The molecule has 3 nitrogen and oxygen atoms in total. The molecule has 2 rings (SSSR count). The highest BCUT2D eigenvalue weighted by Crippen LogP contribution is 2.33. The second-order valence-electron chi connectivity index (χ2n) is 6.59. The topological polar surface area (TPSA) is 46.2 Å². The average Bonchev–Trinajstić information content (AvgIpc) is 2.52. The second kappa shape index (κ2) is 7.11. The van der Waals surface area contributed by atoms with Gasteiger partial charge in [0.2, 0.25) is 10.0 Å². The molecule has 1 atom stereocenters. The largest absolute Gasteiger partial charge is 0.234 e. The summed E-state index contributed by atoms with van der Waals surface area (Å²) in [6.07, 6.45) is 1.60. The van der Waals surface area contributed by atoms with E-state index in [4.69, 9.17) is 0 Å². The van der Waals surface area contributed by atoms with Crippen molar-refractivity contribution in [1.29, 1.82) is 0 Å². The Labute approximate surface area is 139 Å². The van der Waals surface area contributed by atoms with Gasteiger partial charge in [-0.05, 0) is 22.6 Å². The van der Waals surface area contributed by atoms with Gasteiger partial charge in [-0.1, -0.05) is 81.4 Å². The quantitative estimate of drug-likeness (QED) is 0.885. The first-order valence-corrected chi connectivity index (χ1v) is 9.13. The van der Waals surface area contributed by atoms with Crippen molar-refractivity contribution in [3.05, 3.63) is 77.2 Å². The minimum absolute atomic E-state index is 0.241. The smallest absolute Gasteiger partial charge is 0.208 e. The van der Waals surface area contributed by atoms with Crippen LogP contribution in [0.3, 0.4) is 0 Å². The molecule has 0 saturated heterocycles. The summed E-state index contributed by atoms with van der Waals surface area (Å²) in [6, 6.07) is 18.7. The van der Waals surface area contributed by atoms with E-state index in [2.05, 4.69) is 4.72 Å². The first kappa shape index (κ1) is 17.4. The van der Waals surface area contributed by atoms with Gasteiger partial charge in [0.15, 0.2) is 0 Å². The van der Waals surface area contributed by atoms with Gasteiger partial charge in [-0.3, -0.25) is 0 Å². The average molecular weight is 329 g/mol. The fraction of sp³-hybridized carbons (Fsp3) is 0.263. The molecule has 23 heavy (non-hydrogen) atoms. The molecule has 0 spiro atoms. The van der Waals surface area contributed by atoms with E-state index in [1.54, 1.807) is 6.08 Å². The highest BCUT2D eigenvalue weighted by molar-refractivity contribution is 7.92. The van der Waals surface area contributed by atoms with Crippen LogP contribution < -0.4 is 4.72 Å². The van der Waals surface area contributed by atoms with Crippen molar-refractivity contribution in [3.8, 4) is 0 Å². The lowest BCUT2D eigenvalue weighted by Crippen LogP contribution is -2.35. The van der Waals surface area contributed by atoms with Crippen molar-refractivity contribution in [2.24, 2.45) is 5.41 Å². The molecule has 0 aliphatic carbocycles. The normalized spacial score (nSPS) is 14.0. The summed E-state index contributed by atoms with van der Waals surface area (Å²) in [7, 11) is -3.54. The number of hydrogen-bond donors (Lipinski definition) is 1. The van der Waals surface area contributed by atoms with Crippen molar-refractivity contribution >= 4 is 16.1 Å². The van der Waals surface area contributed by atoms with Crippen LogP contribution in [0, 0.1) is 5.41 Å². The van der Waals surface area contributed by atoms with Gasteiger partial charge < -0.3 is 0 Å². The lowest BCUT2D eigenvalue weighted by Gasteiger charge is -2.31. The summed E-state index contributed by atoms with van der Waals surface area (Å²) in [6.45, 7) is 6.07. The Kier molecular flexibility index (Phi) is 5.39. The van der Waals surface area contributed by atoms with Gasteiger partial charge >= 0.3 is 0 Å². The van der Waals surface area contributed by atoms with E-state index in [0.717, 1.165) is 11.1 Å². The second-order valence-corrected chi connectivity index (χ2v) is 8.18. The molecule has 0 amide bonds. The molecule has 1 N–H and O–H groups in total. The van der Waals surface area contributed by atoms with Crippen LogP contribution in [0.2, 0.25) is 0 Å². The van der Waals surface area contributed by atoms with Crippen LogP contribution >= 0.6 is 0 Å². The summed E-state index contributed by atoms with van der Waals surface area (Å²) in [4.78, 5) is 0. The molecule has 122 valence electrons. The maximum Gasteiger partial charge on any atom is 0.234 e. The predicted octanol–water partition coefficient (Wildman–Crippen LogP) is 4.36. The van der Waals surface area contributed by atoms with Crippen molar-refractivity contribution in [2.45, 2.75) is 26.8 Å². The molecule has 0 aliphatic heterocycles. The third-order valence-corrected chi connectivity index (χ3v) is 4.58. The van der Waals surface area contributed by atoms with Crippen LogP contribution in [0.4, 0.5) is 0 Å². The summed E-state index contributed by atoms with van der Waals surface area (Å²) in [5.41, 5.74) is 1.57. The zero-order valence-corrected chi connectivity index (χ0v) is 14.5. The molecule has 1 unspecified atom stereocenters. The lowest BCUT2D eigenvalue weighted by molar-refractivity contribution is 0.305. The molecular formula is C19H23NO2S. The summed E-state index contributed by atoms with van der Waals surface area (Å²) in [5, 5.41) is 1.23. The van der Waals surface area contributed by atoms with Gasteiger partial charge in [-0.25, -0.2) is 13.1 Å². The highest BCUT2D eigenvalue weighted by Gasteiger charge is 2.29. The van der Waals surface area contributed by atoms with Gasteiger partial charge in [0.25, 0.3) is 0 Å². The Bertz CT molecular complexity index is 745. The van der Waals surface area contributed by atoms with E-state index in [1.165, 1.54) is 5.41 Å².